The number of aryl methyl sites for hydroxylation is 2. The number of urea groups is 1. The molecule has 0 unspecified atom stereocenters. The van der Waals surface area contributed by atoms with Gasteiger partial charge in [-0.3, -0.25) is 0 Å². The first-order chi connectivity index (χ1) is 7.99. The van der Waals surface area contributed by atoms with Crippen LogP contribution in [0.2, 0.25) is 0 Å². The molecule has 5 heteroatoms. The standard InChI is InChI=1S/C12H14N2O3/c1-8-3-4-10(7-9(8)2)14-12(17)13-6-5-11(15)16/h3-7H,1-2H3,(H,15,16)(H2,13,14,17)/b6-5+. The highest BCUT2D eigenvalue weighted by molar-refractivity contribution is 5.90. The van der Waals surface area contributed by atoms with Crippen LogP contribution < -0.4 is 10.6 Å². The summed E-state index contributed by atoms with van der Waals surface area (Å²) >= 11 is 0. The molecule has 3 N–H and O–H groups in total. The number of benzene rings is 1. The van der Waals surface area contributed by atoms with Crippen LogP contribution >= 0.6 is 0 Å². The minimum absolute atomic E-state index is 0.481. The van der Waals surface area contributed by atoms with Crippen LogP contribution in [0.4, 0.5) is 10.5 Å². The average molecular weight is 234 g/mol. The summed E-state index contributed by atoms with van der Waals surface area (Å²) in [6.45, 7) is 3.93. The Kier molecular flexibility index (Phi) is 4.28. The fourth-order valence-electron chi connectivity index (χ4n) is 1.17. The lowest BCUT2D eigenvalue weighted by Crippen LogP contribution is -2.24. The molecule has 1 rings (SSSR count). The van der Waals surface area contributed by atoms with Gasteiger partial charge in [-0.1, -0.05) is 6.07 Å². The van der Waals surface area contributed by atoms with Gasteiger partial charge in [0.15, 0.2) is 0 Å². The van der Waals surface area contributed by atoms with E-state index in [-0.39, 0.29) is 0 Å². The summed E-state index contributed by atoms with van der Waals surface area (Å²) in [4.78, 5) is 21.5. The smallest absolute Gasteiger partial charge is 0.329 e. The minimum Gasteiger partial charge on any atom is -0.478 e. The second kappa shape index (κ2) is 5.69. The SMILES string of the molecule is Cc1ccc(NC(=O)N/C=C/C(=O)O)cc1C. The molecule has 0 saturated carbocycles. The summed E-state index contributed by atoms with van der Waals surface area (Å²) in [6, 6.07) is 5.04. The Morgan fingerprint density at radius 2 is 1.94 bits per heavy atom. The molecule has 5 nitrogen and oxygen atoms in total. The van der Waals surface area contributed by atoms with Crippen LogP contribution in [-0.4, -0.2) is 17.1 Å². The van der Waals surface area contributed by atoms with E-state index in [0.29, 0.717) is 5.69 Å². The van der Waals surface area contributed by atoms with Crippen molar-refractivity contribution in [3.05, 3.63) is 41.6 Å². The molecule has 1 aromatic rings. The first-order valence-corrected chi connectivity index (χ1v) is 5.03. The second-order valence-electron chi connectivity index (χ2n) is 3.57. The number of rotatable bonds is 3. The minimum atomic E-state index is -1.11. The molecular formula is C12H14N2O3. The third-order valence-electron chi connectivity index (χ3n) is 2.21. The highest BCUT2D eigenvalue weighted by atomic mass is 16.4. The topological polar surface area (TPSA) is 78.4 Å². The molecule has 0 atom stereocenters. The van der Waals surface area contributed by atoms with Gasteiger partial charge in [0.1, 0.15) is 0 Å². The Hall–Kier alpha value is -2.30. The zero-order valence-corrected chi connectivity index (χ0v) is 9.65. The maximum Gasteiger partial charge on any atom is 0.329 e. The van der Waals surface area contributed by atoms with Gasteiger partial charge in [0.2, 0.25) is 0 Å². The van der Waals surface area contributed by atoms with Crippen molar-refractivity contribution in [3.63, 3.8) is 0 Å². The van der Waals surface area contributed by atoms with E-state index < -0.39 is 12.0 Å². The number of carbonyl (C=O) groups excluding carboxylic acids is 1. The molecule has 2 amide bonds. The van der Waals surface area contributed by atoms with Crippen LogP contribution in [0.25, 0.3) is 0 Å². The van der Waals surface area contributed by atoms with Crippen molar-refractivity contribution in [2.24, 2.45) is 0 Å². The number of hydrogen-bond donors (Lipinski definition) is 3. The largest absolute Gasteiger partial charge is 0.478 e. The van der Waals surface area contributed by atoms with E-state index in [1.54, 1.807) is 6.07 Å². The third kappa shape index (κ3) is 4.38. The summed E-state index contributed by atoms with van der Waals surface area (Å²) < 4.78 is 0. The van der Waals surface area contributed by atoms with Gasteiger partial charge in [-0.05, 0) is 37.1 Å². The molecule has 0 aliphatic rings. The highest BCUT2D eigenvalue weighted by Gasteiger charge is 2.00. The molecule has 0 radical (unpaired) electrons. The van der Waals surface area contributed by atoms with E-state index in [1.165, 1.54) is 0 Å². The number of carboxylic acid groups (broad SMARTS) is 1. The predicted octanol–water partition coefficient (Wildman–Crippen LogP) is 2.02. The molecule has 0 aromatic heterocycles. The summed E-state index contributed by atoms with van der Waals surface area (Å²) in [5, 5.41) is 13.2. The monoisotopic (exact) mass is 234 g/mol. The van der Waals surface area contributed by atoms with Crippen molar-refractivity contribution in [1.29, 1.82) is 0 Å². The lowest BCUT2D eigenvalue weighted by Gasteiger charge is -2.06. The van der Waals surface area contributed by atoms with Crippen molar-refractivity contribution in [2.75, 3.05) is 5.32 Å². The fourth-order valence-corrected chi connectivity index (χ4v) is 1.17. The van der Waals surface area contributed by atoms with E-state index in [1.807, 2.05) is 26.0 Å². The summed E-state index contributed by atoms with van der Waals surface area (Å²) in [5.74, 6) is -1.11. The zero-order chi connectivity index (χ0) is 12.8. The molecule has 1 aromatic carbocycles. The van der Waals surface area contributed by atoms with Crippen LogP contribution in [0.1, 0.15) is 11.1 Å². The molecular weight excluding hydrogens is 220 g/mol. The molecule has 0 aliphatic heterocycles. The molecule has 90 valence electrons. The van der Waals surface area contributed by atoms with Crippen molar-refractivity contribution >= 4 is 17.7 Å². The Morgan fingerprint density at radius 3 is 2.53 bits per heavy atom. The van der Waals surface area contributed by atoms with E-state index >= 15 is 0 Å². The molecule has 0 bridgehead atoms. The van der Waals surface area contributed by atoms with Gasteiger partial charge >= 0.3 is 12.0 Å². The Bertz CT molecular complexity index is 467. The Balaban J connectivity index is 2.56. The molecule has 17 heavy (non-hydrogen) atoms. The summed E-state index contributed by atoms with van der Waals surface area (Å²) in [7, 11) is 0. The highest BCUT2D eigenvalue weighted by Crippen LogP contribution is 2.13. The fraction of sp³-hybridized carbons (Fsp3) is 0.167. The van der Waals surface area contributed by atoms with Crippen LogP contribution in [0, 0.1) is 13.8 Å². The predicted molar refractivity (Wildman–Crippen MR) is 64.8 cm³/mol. The average Bonchev–Trinajstić information content (AvgIpc) is 2.23. The normalized spacial score (nSPS) is 10.2. The van der Waals surface area contributed by atoms with Gasteiger partial charge in [0, 0.05) is 18.0 Å². The lowest BCUT2D eigenvalue weighted by atomic mass is 10.1. The van der Waals surface area contributed by atoms with Crippen LogP contribution in [-0.2, 0) is 4.79 Å². The van der Waals surface area contributed by atoms with Gasteiger partial charge in [0.05, 0.1) is 0 Å². The van der Waals surface area contributed by atoms with Crippen LogP contribution in [0.15, 0.2) is 30.5 Å². The lowest BCUT2D eigenvalue weighted by molar-refractivity contribution is -0.131. The molecule has 0 aliphatic carbocycles. The second-order valence-corrected chi connectivity index (χ2v) is 3.57. The summed E-state index contributed by atoms with van der Waals surface area (Å²) in [5.41, 5.74) is 2.87. The van der Waals surface area contributed by atoms with Gasteiger partial charge in [-0.25, -0.2) is 9.59 Å². The van der Waals surface area contributed by atoms with Gasteiger partial charge in [0.25, 0.3) is 0 Å². The van der Waals surface area contributed by atoms with Crippen molar-refractivity contribution in [1.82, 2.24) is 5.32 Å². The maximum atomic E-state index is 11.3. The van der Waals surface area contributed by atoms with Crippen LogP contribution in [0.5, 0.6) is 0 Å². The third-order valence-corrected chi connectivity index (χ3v) is 2.21. The van der Waals surface area contributed by atoms with Crippen molar-refractivity contribution in [2.45, 2.75) is 13.8 Å². The number of nitrogens with one attached hydrogen (secondary N) is 2. The number of anilines is 1. The maximum absolute atomic E-state index is 11.3. The summed E-state index contributed by atoms with van der Waals surface area (Å²) in [6.07, 6.45) is 1.92. The van der Waals surface area contributed by atoms with Crippen molar-refractivity contribution in [3.8, 4) is 0 Å². The number of carbonyl (C=O) groups is 2. The van der Waals surface area contributed by atoms with Gasteiger partial charge < -0.3 is 15.7 Å². The number of amides is 2. The first kappa shape index (κ1) is 12.8. The first-order valence-electron chi connectivity index (χ1n) is 5.03. The van der Waals surface area contributed by atoms with Crippen LogP contribution in [0.3, 0.4) is 0 Å². The van der Waals surface area contributed by atoms with E-state index in [2.05, 4.69) is 10.6 Å². The van der Waals surface area contributed by atoms with Gasteiger partial charge in [-0.15, -0.1) is 0 Å². The van der Waals surface area contributed by atoms with E-state index in [4.69, 9.17) is 5.11 Å². The zero-order valence-electron chi connectivity index (χ0n) is 9.65. The number of hydrogen-bond acceptors (Lipinski definition) is 2. The molecule has 0 spiro atoms. The van der Waals surface area contributed by atoms with Crippen molar-refractivity contribution < 1.29 is 14.7 Å². The number of carboxylic acids is 1. The number of aliphatic carboxylic acids is 1. The Morgan fingerprint density at radius 1 is 1.24 bits per heavy atom. The van der Waals surface area contributed by atoms with E-state index in [0.717, 1.165) is 23.4 Å². The van der Waals surface area contributed by atoms with E-state index in [9.17, 15) is 9.59 Å². The molecule has 0 saturated heterocycles. The Labute approximate surface area is 99.1 Å². The molecule has 0 fully saturated rings. The molecule has 0 heterocycles. The van der Waals surface area contributed by atoms with Gasteiger partial charge in [-0.2, -0.15) is 0 Å². The quantitative estimate of drug-likeness (QED) is 0.700.